The van der Waals surface area contributed by atoms with E-state index in [9.17, 15) is 4.79 Å². The summed E-state index contributed by atoms with van der Waals surface area (Å²) in [7, 11) is 1.41. The van der Waals surface area contributed by atoms with Gasteiger partial charge < -0.3 is 14.1 Å². The number of anilines is 1. The molecular formula is C16H20N2O3S. The minimum atomic E-state index is -0.186. The SMILES string of the molecule is COC(=O)CCc1csc(N2CCC(c3ccco3)CC2)n1. The number of methoxy groups -OCH3 is 1. The molecule has 3 rings (SSSR count). The third kappa shape index (κ3) is 3.50. The Morgan fingerprint density at radius 2 is 2.32 bits per heavy atom. The number of hydrogen-bond acceptors (Lipinski definition) is 6. The molecule has 1 saturated heterocycles. The van der Waals surface area contributed by atoms with Gasteiger partial charge in [0.05, 0.1) is 25.5 Å². The number of thiazole rings is 1. The van der Waals surface area contributed by atoms with E-state index in [2.05, 4.69) is 20.7 Å². The molecule has 0 bridgehead atoms. The molecule has 0 spiro atoms. The van der Waals surface area contributed by atoms with Crippen molar-refractivity contribution < 1.29 is 13.9 Å². The maximum atomic E-state index is 11.2. The molecule has 0 aliphatic carbocycles. The number of hydrogen-bond donors (Lipinski definition) is 0. The van der Waals surface area contributed by atoms with Crippen molar-refractivity contribution in [3.8, 4) is 0 Å². The first-order chi connectivity index (χ1) is 10.8. The van der Waals surface area contributed by atoms with E-state index in [4.69, 9.17) is 4.42 Å². The van der Waals surface area contributed by atoms with Crippen molar-refractivity contribution in [3.05, 3.63) is 35.2 Å². The molecule has 0 saturated carbocycles. The van der Waals surface area contributed by atoms with E-state index < -0.39 is 0 Å². The van der Waals surface area contributed by atoms with Crippen molar-refractivity contribution >= 4 is 22.4 Å². The summed E-state index contributed by atoms with van der Waals surface area (Å²) < 4.78 is 10.2. The second-order valence-corrected chi connectivity index (χ2v) is 6.31. The summed E-state index contributed by atoms with van der Waals surface area (Å²) in [6, 6.07) is 4.02. The molecule has 0 aromatic carbocycles. The quantitative estimate of drug-likeness (QED) is 0.792. The molecule has 118 valence electrons. The first-order valence-electron chi connectivity index (χ1n) is 7.56. The van der Waals surface area contributed by atoms with Crippen molar-refractivity contribution in [2.75, 3.05) is 25.1 Å². The number of piperidine rings is 1. The van der Waals surface area contributed by atoms with Crippen LogP contribution < -0.4 is 4.90 Å². The topological polar surface area (TPSA) is 55.6 Å². The second-order valence-electron chi connectivity index (χ2n) is 5.47. The lowest BCUT2D eigenvalue weighted by molar-refractivity contribution is -0.140. The fourth-order valence-corrected chi connectivity index (χ4v) is 3.68. The third-order valence-corrected chi connectivity index (χ3v) is 5.01. The molecular weight excluding hydrogens is 300 g/mol. The highest BCUT2D eigenvalue weighted by molar-refractivity contribution is 7.13. The number of aromatic nitrogens is 1. The van der Waals surface area contributed by atoms with E-state index in [1.165, 1.54) is 7.11 Å². The van der Waals surface area contributed by atoms with Crippen LogP contribution in [0.3, 0.4) is 0 Å². The normalized spacial score (nSPS) is 16.0. The number of ether oxygens (including phenoxy) is 1. The summed E-state index contributed by atoms with van der Waals surface area (Å²) >= 11 is 1.65. The summed E-state index contributed by atoms with van der Waals surface area (Å²) in [6.07, 6.45) is 4.96. The molecule has 22 heavy (non-hydrogen) atoms. The highest BCUT2D eigenvalue weighted by atomic mass is 32.1. The minimum absolute atomic E-state index is 0.186. The zero-order valence-electron chi connectivity index (χ0n) is 12.7. The number of carbonyl (C=O) groups is 1. The fraction of sp³-hybridized carbons (Fsp3) is 0.500. The zero-order chi connectivity index (χ0) is 15.4. The van der Waals surface area contributed by atoms with Gasteiger partial charge in [0.2, 0.25) is 0 Å². The molecule has 1 fully saturated rings. The van der Waals surface area contributed by atoms with Gasteiger partial charge >= 0.3 is 5.97 Å². The third-order valence-electron chi connectivity index (χ3n) is 4.06. The smallest absolute Gasteiger partial charge is 0.305 e. The van der Waals surface area contributed by atoms with Gasteiger partial charge in [-0.05, 0) is 25.0 Å². The summed E-state index contributed by atoms with van der Waals surface area (Å²) in [5.74, 6) is 1.43. The van der Waals surface area contributed by atoms with Crippen molar-refractivity contribution in [3.63, 3.8) is 0 Å². The zero-order valence-corrected chi connectivity index (χ0v) is 13.5. The van der Waals surface area contributed by atoms with Gasteiger partial charge in [0.25, 0.3) is 0 Å². The van der Waals surface area contributed by atoms with Crippen molar-refractivity contribution in [1.82, 2.24) is 4.98 Å². The van der Waals surface area contributed by atoms with E-state index in [0.29, 0.717) is 18.8 Å². The Kier molecular flexibility index (Phi) is 4.77. The maximum absolute atomic E-state index is 11.2. The van der Waals surface area contributed by atoms with E-state index in [0.717, 1.165) is 42.5 Å². The van der Waals surface area contributed by atoms with Crippen LogP contribution in [0, 0.1) is 0 Å². The van der Waals surface area contributed by atoms with Crippen molar-refractivity contribution in [2.45, 2.75) is 31.6 Å². The average Bonchev–Trinajstić information content (AvgIpc) is 3.24. The van der Waals surface area contributed by atoms with Gasteiger partial charge in [-0.25, -0.2) is 4.98 Å². The van der Waals surface area contributed by atoms with Crippen molar-refractivity contribution in [1.29, 1.82) is 0 Å². The number of carbonyl (C=O) groups excluding carboxylic acids is 1. The highest BCUT2D eigenvalue weighted by Crippen LogP contribution is 2.32. The van der Waals surface area contributed by atoms with Gasteiger partial charge in [-0.2, -0.15) is 0 Å². The van der Waals surface area contributed by atoms with E-state index in [1.807, 2.05) is 11.4 Å². The first kappa shape index (κ1) is 15.1. The van der Waals surface area contributed by atoms with Gasteiger partial charge in [0, 0.05) is 30.8 Å². The molecule has 2 aromatic rings. The van der Waals surface area contributed by atoms with Crippen molar-refractivity contribution in [2.24, 2.45) is 0 Å². The largest absolute Gasteiger partial charge is 0.469 e. The molecule has 0 amide bonds. The monoisotopic (exact) mass is 320 g/mol. The molecule has 3 heterocycles. The Balaban J connectivity index is 1.53. The lowest BCUT2D eigenvalue weighted by Gasteiger charge is -2.30. The summed E-state index contributed by atoms with van der Waals surface area (Å²) in [4.78, 5) is 18.1. The molecule has 0 radical (unpaired) electrons. The highest BCUT2D eigenvalue weighted by Gasteiger charge is 2.24. The van der Waals surface area contributed by atoms with Gasteiger partial charge in [-0.1, -0.05) is 0 Å². The van der Waals surface area contributed by atoms with Gasteiger partial charge in [-0.3, -0.25) is 4.79 Å². The van der Waals surface area contributed by atoms with Crippen LogP contribution in [0.25, 0.3) is 0 Å². The molecule has 6 heteroatoms. The van der Waals surface area contributed by atoms with Crippen LogP contribution >= 0.6 is 11.3 Å². The molecule has 1 aliphatic rings. The van der Waals surface area contributed by atoms with E-state index in [-0.39, 0.29) is 5.97 Å². The fourth-order valence-electron chi connectivity index (χ4n) is 2.77. The Labute approximate surface area is 133 Å². The molecule has 5 nitrogen and oxygen atoms in total. The molecule has 0 unspecified atom stereocenters. The summed E-state index contributed by atoms with van der Waals surface area (Å²) in [5, 5.41) is 3.09. The van der Waals surface area contributed by atoms with Gasteiger partial charge in [-0.15, -0.1) is 11.3 Å². The Hall–Kier alpha value is -1.82. The van der Waals surface area contributed by atoms with E-state index >= 15 is 0 Å². The predicted octanol–water partition coefficient (Wildman–Crippen LogP) is 3.23. The second kappa shape index (κ2) is 6.96. The minimum Gasteiger partial charge on any atom is -0.469 e. The van der Waals surface area contributed by atoms with Crippen LogP contribution in [-0.4, -0.2) is 31.2 Å². The summed E-state index contributed by atoms with van der Waals surface area (Å²) in [5.41, 5.74) is 0.971. The summed E-state index contributed by atoms with van der Waals surface area (Å²) in [6.45, 7) is 1.99. The van der Waals surface area contributed by atoms with Crippen LogP contribution in [0.5, 0.6) is 0 Å². The number of aryl methyl sites for hydroxylation is 1. The van der Waals surface area contributed by atoms with Gasteiger partial charge in [0.15, 0.2) is 5.13 Å². The first-order valence-corrected chi connectivity index (χ1v) is 8.44. The molecule has 1 aliphatic heterocycles. The van der Waals surface area contributed by atoms with Crippen LogP contribution in [0.2, 0.25) is 0 Å². The maximum Gasteiger partial charge on any atom is 0.305 e. The Morgan fingerprint density at radius 1 is 1.50 bits per heavy atom. The standard InChI is InChI=1S/C16H20N2O3S/c1-20-15(19)5-4-13-11-22-16(17-13)18-8-6-12(7-9-18)14-3-2-10-21-14/h2-3,10-12H,4-9H2,1H3. The van der Waals surface area contributed by atoms with Crippen LogP contribution in [0.4, 0.5) is 5.13 Å². The number of nitrogens with zero attached hydrogens (tertiary/aromatic N) is 2. The number of esters is 1. The Bertz CT molecular complexity index is 601. The molecule has 2 aromatic heterocycles. The number of furan rings is 1. The lowest BCUT2D eigenvalue weighted by Crippen LogP contribution is -2.32. The van der Waals surface area contributed by atoms with E-state index in [1.54, 1.807) is 17.6 Å². The lowest BCUT2D eigenvalue weighted by atomic mass is 9.95. The predicted molar refractivity (Wildman–Crippen MR) is 85.3 cm³/mol. The molecule has 0 atom stereocenters. The van der Waals surface area contributed by atoms with Crippen LogP contribution in [0.1, 0.15) is 36.6 Å². The molecule has 0 N–H and O–H groups in total. The number of rotatable bonds is 5. The average molecular weight is 320 g/mol. The van der Waals surface area contributed by atoms with Crippen LogP contribution in [0.15, 0.2) is 28.2 Å². The van der Waals surface area contributed by atoms with Crippen LogP contribution in [-0.2, 0) is 16.0 Å². The van der Waals surface area contributed by atoms with Gasteiger partial charge in [0.1, 0.15) is 5.76 Å². The Morgan fingerprint density at radius 3 is 3.00 bits per heavy atom.